The van der Waals surface area contributed by atoms with Gasteiger partial charge in [0.05, 0.1) is 12.5 Å². The Kier molecular flexibility index (Phi) is 7.34. The van der Waals surface area contributed by atoms with E-state index in [2.05, 4.69) is 54.5 Å². The van der Waals surface area contributed by atoms with Crippen molar-refractivity contribution in [2.75, 3.05) is 7.11 Å². The van der Waals surface area contributed by atoms with Crippen molar-refractivity contribution in [2.24, 2.45) is 56.7 Å². The van der Waals surface area contributed by atoms with Crippen molar-refractivity contribution < 1.29 is 28.6 Å². The van der Waals surface area contributed by atoms with Gasteiger partial charge in [0.15, 0.2) is 0 Å². The quantitative estimate of drug-likeness (QED) is 0.201. The number of allylic oxidation sites excluding steroid dienone is 2. The second-order valence-electron chi connectivity index (χ2n) is 16.0. The van der Waals surface area contributed by atoms with Crippen molar-refractivity contribution >= 4 is 17.9 Å². The molecule has 0 aromatic rings. The maximum atomic E-state index is 13.5. The number of methoxy groups -OCH3 is 1. The van der Waals surface area contributed by atoms with Gasteiger partial charge in [0.1, 0.15) is 12.2 Å². The van der Waals surface area contributed by atoms with Gasteiger partial charge < -0.3 is 14.2 Å². The molecule has 5 rings (SSSR count). The number of hydrogen-bond donors (Lipinski definition) is 0. The van der Waals surface area contributed by atoms with Gasteiger partial charge in [-0.1, -0.05) is 60.1 Å². The van der Waals surface area contributed by atoms with E-state index >= 15 is 0 Å². The number of carbonyl (C=O) groups excluding carboxylic acids is 3. The van der Waals surface area contributed by atoms with Gasteiger partial charge in [-0.15, -0.1) is 0 Å². The Morgan fingerprint density at radius 3 is 2.12 bits per heavy atom. The number of carbonyl (C=O) groups is 3. The number of fused-ring (bicyclic) bond motifs is 7. The van der Waals surface area contributed by atoms with E-state index in [1.54, 1.807) is 7.11 Å². The van der Waals surface area contributed by atoms with E-state index in [1.165, 1.54) is 19.4 Å². The summed E-state index contributed by atoms with van der Waals surface area (Å²) in [6.07, 6.45) is 9.28. The molecule has 5 aliphatic carbocycles. The lowest BCUT2D eigenvalue weighted by atomic mass is 9.33. The summed E-state index contributed by atoms with van der Waals surface area (Å²) >= 11 is 0. The smallest absolute Gasteiger partial charge is 0.312 e. The zero-order valence-electron chi connectivity index (χ0n) is 27.2. The molecule has 230 valence electrons. The van der Waals surface area contributed by atoms with E-state index in [-0.39, 0.29) is 45.5 Å². The van der Waals surface area contributed by atoms with Gasteiger partial charge in [0.25, 0.3) is 0 Å². The molecule has 0 bridgehead atoms. The first-order chi connectivity index (χ1) is 19.0. The molecule has 0 N–H and O–H groups in total. The maximum absolute atomic E-state index is 13.5. The average Bonchev–Trinajstić information content (AvgIpc) is 2.87. The van der Waals surface area contributed by atoms with E-state index in [0.29, 0.717) is 30.1 Å². The van der Waals surface area contributed by atoms with Gasteiger partial charge in [0.2, 0.25) is 0 Å². The first kappa shape index (κ1) is 30.6. The highest BCUT2D eigenvalue weighted by atomic mass is 16.6. The second-order valence-corrected chi connectivity index (χ2v) is 16.0. The third kappa shape index (κ3) is 4.11. The van der Waals surface area contributed by atoms with Crippen LogP contribution in [0.3, 0.4) is 0 Å². The SMILES string of the molecule is COC(=O)[C@]12CC[C@@H](C)[C@H](C)[C@H]1C1=CC[C@H]3[C@@]4(C)C[C@@H](OC(C)=O)[C@H](OC(C)=O)C(C)(C)[C@H]4CC[C@@]3(C)[C@]1(C)CC2. The van der Waals surface area contributed by atoms with Crippen LogP contribution in [0.15, 0.2) is 11.6 Å². The molecule has 11 atom stereocenters. The van der Waals surface area contributed by atoms with Gasteiger partial charge in [-0.05, 0) is 97.2 Å². The molecule has 41 heavy (non-hydrogen) atoms. The fourth-order valence-electron chi connectivity index (χ4n) is 11.9. The number of ether oxygens (including phenoxy) is 3. The molecular weight excluding hydrogens is 516 g/mol. The topological polar surface area (TPSA) is 78.9 Å². The molecule has 0 unspecified atom stereocenters. The van der Waals surface area contributed by atoms with Crippen LogP contribution in [0.25, 0.3) is 0 Å². The molecule has 0 radical (unpaired) electrons. The van der Waals surface area contributed by atoms with Gasteiger partial charge in [-0.25, -0.2) is 0 Å². The third-order valence-electron chi connectivity index (χ3n) is 14.1. The summed E-state index contributed by atoms with van der Waals surface area (Å²) in [6.45, 7) is 19.5. The average molecular weight is 571 g/mol. The van der Waals surface area contributed by atoms with Gasteiger partial charge >= 0.3 is 17.9 Å². The summed E-state index contributed by atoms with van der Waals surface area (Å²) < 4.78 is 17.4. The fraction of sp³-hybridized carbons (Fsp3) is 0.857. The predicted molar refractivity (Wildman–Crippen MR) is 157 cm³/mol. The first-order valence-electron chi connectivity index (χ1n) is 16.1. The fourth-order valence-corrected chi connectivity index (χ4v) is 11.9. The molecule has 4 fully saturated rings. The summed E-state index contributed by atoms with van der Waals surface area (Å²) in [5.41, 5.74) is 0.673. The van der Waals surface area contributed by atoms with Crippen LogP contribution in [0.1, 0.15) is 114 Å². The Bertz CT molecular complexity index is 1140. The van der Waals surface area contributed by atoms with Crippen LogP contribution in [-0.2, 0) is 28.6 Å². The van der Waals surface area contributed by atoms with Crippen molar-refractivity contribution in [3.05, 3.63) is 11.6 Å². The number of hydrogen-bond acceptors (Lipinski definition) is 6. The van der Waals surface area contributed by atoms with E-state index in [0.717, 1.165) is 44.9 Å². The minimum absolute atomic E-state index is 0.0121. The van der Waals surface area contributed by atoms with Crippen LogP contribution in [0.5, 0.6) is 0 Å². The zero-order valence-corrected chi connectivity index (χ0v) is 27.2. The Morgan fingerprint density at radius 2 is 1.51 bits per heavy atom. The van der Waals surface area contributed by atoms with Crippen LogP contribution >= 0.6 is 0 Å². The lowest BCUT2D eigenvalue weighted by molar-refractivity contribution is -0.244. The largest absolute Gasteiger partial charge is 0.469 e. The highest BCUT2D eigenvalue weighted by Gasteiger charge is 2.71. The minimum atomic E-state index is -0.467. The monoisotopic (exact) mass is 570 g/mol. The summed E-state index contributed by atoms with van der Waals surface area (Å²) in [7, 11) is 1.56. The molecule has 6 nitrogen and oxygen atoms in total. The summed E-state index contributed by atoms with van der Waals surface area (Å²) in [4.78, 5) is 38.0. The zero-order chi connectivity index (χ0) is 30.3. The number of esters is 3. The molecule has 0 aromatic carbocycles. The summed E-state index contributed by atoms with van der Waals surface area (Å²) in [6, 6.07) is 0. The van der Waals surface area contributed by atoms with Crippen LogP contribution in [0.2, 0.25) is 0 Å². The standard InChI is InChI=1S/C35H54O6/c1-20-13-16-35(30(38)39-10)18-17-33(8)24(28(35)21(20)2)11-12-27-32(7)19-25(40-22(3)36)29(41-23(4)37)31(5,6)26(32)14-15-34(27,33)9/h11,20-21,25-29H,12-19H2,1-10H3/t20-,21+,25-,26-,27+,28+,29+,32+,33-,34-,35+/m1/s1. The van der Waals surface area contributed by atoms with E-state index in [1.807, 2.05) is 0 Å². The highest BCUT2D eigenvalue weighted by Crippen LogP contribution is 2.76. The van der Waals surface area contributed by atoms with E-state index < -0.39 is 17.6 Å². The Labute approximate surface area is 247 Å². The number of rotatable bonds is 3. The van der Waals surface area contributed by atoms with Crippen molar-refractivity contribution in [1.29, 1.82) is 0 Å². The Hall–Kier alpha value is -1.85. The predicted octanol–water partition coefficient (Wildman–Crippen LogP) is 7.29. The van der Waals surface area contributed by atoms with E-state index in [9.17, 15) is 14.4 Å². The van der Waals surface area contributed by atoms with Crippen molar-refractivity contribution in [3.8, 4) is 0 Å². The van der Waals surface area contributed by atoms with Crippen molar-refractivity contribution in [2.45, 2.75) is 126 Å². The minimum Gasteiger partial charge on any atom is -0.469 e. The molecule has 0 heterocycles. The molecule has 6 heteroatoms. The molecule has 0 aliphatic heterocycles. The van der Waals surface area contributed by atoms with E-state index in [4.69, 9.17) is 14.2 Å². The molecule has 0 spiro atoms. The highest BCUT2D eigenvalue weighted by molar-refractivity contribution is 5.78. The van der Waals surface area contributed by atoms with Crippen molar-refractivity contribution in [3.63, 3.8) is 0 Å². The van der Waals surface area contributed by atoms with Crippen LogP contribution in [0, 0.1) is 56.7 Å². The summed E-state index contributed by atoms with van der Waals surface area (Å²) in [5, 5.41) is 0. The molecule has 4 saturated carbocycles. The van der Waals surface area contributed by atoms with Crippen LogP contribution in [0.4, 0.5) is 0 Å². The summed E-state index contributed by atoms with van der Waals surface area (Å²) in [5.74, 6) is 1.26. The lowest BCUT2D eigenvalue weighted by Gasteiger charge is -2.71. The van der Waals surface area contributed by atoms with Crippen LogP contribution in [-0.4, -0.2) is 37.2 Å². The molecule has 5 aliphatic rings. The second kappa shape index (κ2) is 9.84. The van der Waals surface area contributed by atoms with Crippen molar-refractivity contribution in [1.82, 2.24) is 0 Å². The lowest BCUT2D eigenvalue weighted by Crippen LogP contribution is -2.68. The van der Waals surface area contributed by atoms with Gasteiger partial charge in [-0.3, -0.25) is 14.4 Å². The Balaban J connectivity index is 1.60. The third-order valence-corrected chi connectivity index (χ3v) is 14.1. The molecule has 0 saturated heterocycles. The first-order valence-corrected chi connectivity index (χ1v) is 16.1. The maximum Gasteiger partial charge on any atom is 0.312 e. The molecular formula is C35H54O6. The normalized spacial score (nSPS) is 48.2. The molecule has 0 aromatic heterocycles. The van der Waals surface area contributed by atoms with Gasteiger partial charge in [0, 0.05) is 19.3 Å². The molecule has 0 amide bonds. The van der Waals surface area contributed by atoms with Crippen LogP contribution < -0.4 is 0 Å². The Morgan fingerprint density at radius 1 is 0.854 bits per heavy atom. The van der Waals surface area contributed by atoms with Gasteiger partial charge in [-0.2, -0.15) is 0 Å².